The van der Waals surface area contributed by atoms with Crippen molar-refractivity contribution in [3.63, 3.8) is 0 Å². The van der Waals surface area contributed by atoms with Crippen LogP contribution < -0.4 is 10.2 Å². The van der Waals surface area contributed by atoms with Gasteiger partial charge in [0.05, 0.1) is 6.54 Å². The molecule has 0 fully saturated rings. The van der Waals surface area contributed by atoms with E-state index in [1.165, 1.54) is 11.6 Å². The Bertz CT molecular complexity index is 727. The van der Waals surface area contributed by atoms with Gasteiger partial charge in [0, 0.05) is 17.4 Å². The van der Waals surface area contributed by atoms with Crippen molar-refractivity contribution in [2.75, 3.05) is 16.8 Å². The number of amides is 1. The third-order valence-electron chi connectivity index (χ3n) is 4.67. The second kappa shape index (κ2) is 7.04. The molecule has 1 aliphatic heterocycles. The summed E-state index contributed by atoms with van der Waals surface area (Å²) in [5.41, 5.74) is 4.00. The Hall–Kier alpha value is -2.36. The van der Waals surface area contributed by atoms with Crippen LogP contribution in [-0.2, 0) is 17.6 Å². The zero-order valence-electron chi connectivity index (χ0n) is 14.2. The monoisotopic (exact) mass is 326 g/mol. The molecule has 1 N–H and O–H groups in total. The number of carbonyl (C=O) groups is 1. The highest BCUT2D eigenvalue weighted by atomic mass is 19.1. The molecule has 126 valence electrons. The van der Waals surface area contributed by atoms with Crippen LogP contribution in [0.1, 0.15) is 31.4 Å². The molecule has 0 aromatic heterocycles. The van der Waals surface area contributed by atoms with Crippen molar-refractivity contribution in [3.8, 4) is 0 Å². The van der Waals surface area contributed by atoms with Crippen molar-refractivity contribution in [1.29, 1.82) is 0 Å². The number of fused-ring (bicyclic) bond motifs is 1. The van der Waals surface area contributed by atoms with Gasteiger partial charge in [0.2, 0.25) is 5.91 Å². The van der Waals surface area contributed by atoms with E-state index >= 15 is 0 Å². The number of halogens is 1. The molecule has 0 bridgehead atoms. The zero-order chi connectivity index (χ0) is 17.1. The Balaban J connectivity index is 1.71. The largest absolute Gasteiger partial charge is 0.359 e. The molecule has 3 rings (SSSR count). The minimum Gasteiger partial charge on any atom is -0.359 e. The van der Waals surface area contributed by atoms with E-state index in [0.29, 0.717) is 0 Å². The predicted octanol–water partition coefficient (Wildman–Crippen LogP) is 4.17. The van der Waals surface area contributed by atoms with Gasteiger partial charge in [0.25, 0.3) is 0 Å². The Morgan fingerprint density at radius 3 is 2.71 bits per heavy atom. The number of anilines is 2. The number of hydrogen-bond acceptors (Lipinski definition) is 2. The van der Waals surface area contributed by atoms with Crippen molar-refractivity contribution >= 4 is 17.3 Å². The highest BCUT2D eigenvalue weighted by Crippen LogP contribution is 2.31. The Morgan fingerprint density at radius 1 is 1.25 bits per heavy atom. The van der Waals surface area contributed by atoms with Gasteiger partial charge in [-0.1, -0.05) is 19.1 Å². The van der Waals surface area contributed by atoms with E-state index in [9.17, 15) is 9.18 Å². The van der Waals surface area contributed by atoms with Crippen molar-refractivity contribution in [1.82, 2.24) is 0 Å². The van der Waals surface area contributed by atoms with Gasteiger partial charge >= 0.3 is 0 Å². The van der Waals surface area contributed by atoms with E-state index in [1.54, 1.807) is 12.1 Å². The fourth-order valence-corrected chi connectivity index (χ4v) is 3.21. The lowest BCUT2D eigenvalue weighted by molar-refractivity contribution is -0.115. The van der Waals surface area contributed by atoms with Gasteiger partial charge in [-0.25, -0.2) is 4.39 Å². The molecule has 2 aromatic rings. The maximum absolute atomic E-state index is 13.4. The summed E-state index contributed by atoms with van der Waals surface area (Å²) in [6.07, 6.45) is 2.76. The van der Waals surface area contributed by atoms with Crippen LogP contribution in [-0.4, -0.2) is 18.5 Å². The second-order valence-electron chi connectivity index (χ2n) is 6.39. The molecule has 0 radical (unpaired) electrons. The molecule has 24 heavy (non-hydrogen) atoms. The lowest BCUT2D eigenvalue weighted by Crippen LogP contribution is -2.42. The SMILES string of the molecule is CCc1ccc(NC(=O)CN2c3ccc(F)cc3CCC2C)cc1. The Morgan fingerprint density at radius 2 is 2.00 bits per heavy atom. The van der Waals surface area contributed by atoms with E-state index < -0.39 is 0 Å². The van der Waals surface area contributed by atoms with E-state index in [1.807, 2.05) is 24.3 Å². The fourth-order valence-electron chi connectivity index (χ4n) is 3.21. The fraction of sp³-hybridized carbons (Fsp3) is 0.350. The highest BCUT2D eigenvalue weighted by molar-refractivity contribution is 5.94. The minimum absolute atomic E-state index is 0.0525. The number of aryl methyl sites for hydroxylation is 2. The van der Waals surface area contributed by atoms with Crippen LogP contribution in [0.3, 0.4) is 0 Å². The first-order valence-corrected chi connectivity index (χ1v) is 8.50. The maximum atomic E-state index is 13.4. The number of carbonyl (C=O) groups excluding carboxylic acids is 1. The summed E-state index contributed by atoms with van der Waals surface area (Å²) in [6, 6.07) is 13.0. The van der Waals surface area contributed by atoms with Gasteiger partial charge in [-0.3, -0.25) is 4.79 Å². The van der Waals surface area contributed by atoms with Gasteiger partial charge in [-0.05, 0) is 67.6 Å². The lowest BCUT2D eigenvalue weighted by atomic mass is 9.96. The summed E-state index contributed by atoms with van der Waals surface area (Å²) < 4.78 is 13.4. The molecular formula is C20H23FN2O. The number of nitrogens with one attached hydrogen (secondary N) is 1. The van der Waals surface area contributed by atoms with Crippen LogP contribution in [0.25, 0.3) is 0 Å². The summed E-state index contributed by atoms with van der Waals surface area (Å²) in [7, 11) is 0. The van der Waals surface area contributed by atoms with Crippen molar-refractivity contribution < 1.29 is 9.18 Å². The van der Waals surface area contributed by atoms with Crippen molar-refractivity contribution in [3.05, 3.63) is 59.4 Å². The quantitative estimate of drug-likeness (QED) is 0.914. The summed E-state index contributed by atoms with van der Waals surface area (Å²) in [5.74, 6) is -0.271. The molecule has 1 unspecified atom stereocenters. The zero-order valence-corrected chi connectivity index (χ0v) is 14.2. The number of rotatable bonds is 4. The van der Waals surface area contributed by atoms with E-state index in [4.69, 9.17) is 0 Å². The molecule has 1 amide bonds. The second-order valence-corrected chi connectivity index (χ2v) is 6.39. The lowest BCUT2D eigenvalue weighted by Gasteiger charge is -2.36. The summed E-state index contributed by atoms with van der Waals surface area (Å²) in [5, 5.41) is 2.95. The van der Waals surface area contributed by atoms with Gasteiger partial charge in [0.1, 0.15) is 5.82 Å². The van der Waals surface area contributed by atoms with Crippen LogP contribution in [0.4, 0.5) is 15.8 Å². The minimum atomic E-state index is -0.219. The normalized spacial score (nSPS) is 16.6. The average Bonchev–Trinajstić information content (AvgIpc) is 2.58. The molecule has 4 heteroatoms. The third kappa shape index (κ3) is 3.58. The molecule has 1 atom stereocenters. The highest BCUT2D eigenvalue weighted by Gasteiger charge is 2.25. The standard InChI is InChI=1S/C20H23FN2O/c1-3-15-5-9-18(10-6-15)22-20(24)13-23-14(2)4-7-16-12-17(21)8-11-19(16)23/h5-6,8-12,14H,3-4,7,13H2,1-2H3,(H,22,24). The van der Waals surface area contributed by atoms with E-state index in [-0.39, 0.29) is 24.3 Å². The van der Waals surface area contributed by atoms with Gasteiger partial charge in [-0.2, -0.15) is 0 Å². The Kier molecular flexibility index (Phi) is 4.84. The van der Waals surface area contributed by atoms with E-state index in [2.05, 4.69) is 24.1 Å². The maximum Gasteiger partial charge on any atom is 0.243 e. The molecule has 0 saturated carbocycles. The molecule has 2 aromatic carbocycles. The molecule has 3 nitrogen and oxygen atoms in total. The first kappa shape index (κ1) is 16.5. The smallest absolute Gasteiger partial charge is 0.243 e. The van der Waals surface area contributed by atoms with Crippen LogP contribution in [0.15, 0.2) is 42.5 Å². The van der Waals surface area contributed by atoms with Crippen molar-refractivity contribution in [2.45, 2.75) is 39.2 Å². The van der Waals surface area contributed by atoms with Crippen LogP contribution in [0.5, 0.6) is 0 Å². The van der Waals surface area contributed by atoms with Gasteiger partial charge in [0.15, 0.2) is 0 Å². The Labute approximate surface area is 142 Å². The van der Waals surface area contributed by atoms with Crippen LogP contribution in [0.2, 0.25) is 0 Å². The molecule has 0 spiro atoms. The topological polar surface area (TPSA) is 32.3 Å². The predicted molar refractivity (Wildman–Crippen MR) is 96.0 cm³/mol. The number of benzene rings is 2. The summed E-state index contributed by atoms with van der Waals surface area (Å²) in [6.45, 7) is 4.48. The molecule has 1 aliphatic rings. The summed E-state index contributed by atoms with van der Waals surface area (Å²) >= 11 is 0. The van der Waals surface area contributed by atoms with Crippen LogP contribution >= 0.6 is 0 Å². The first-order valence-electron chi connectivity index (χ1n) is 8.50. The number of nitrogens with zero attached hydrogens (tertiary/aromatic N) is 1. The van der Waals surface area contributed by atoms with Gasteiger partial charge < -0.3 is 10.2 Å². The van der Waals surface area contributed by atoms with Crippen molar-refractivity contribution in [2.24, 2.45) is 0 Å². The third-order valence-corrected chi connectivity index (χ3v) is 4.67. The van der Waals surface area contributed by atoms with Gasteiger partial charge in [-0.15, -0.1) is 0 Å². The molecule has 0 aliphatic carbocycles. The van der Waals surface area contributed by atoms with E-state index in [0.717, 1.165) is 36.2 Å². The number of hydrogen-bond donors (Lipinski definition) is 1. The van der Waals surface area contributed by atoms with Crippen LogP contribution in [0, 0.1) is 5.82 Å². The molecular weight excluding hydrogens is 303 g/mol. The first-order chi connectivity index (χ1) is 11.6. The average molecular weight is 326 g/mol. The molecule has 1 heterocycles. The summed E-state index contributed by atoms with van der Waals surface area (Å²) in [4.78, 5) is 14.5. The molecule has 0 saturated heterocycles.